The quantitative estimate of drug-likeness (QED) is 0.599. The first kappa shape index (κ1) is 14.4. The maximum atomic E-state index is 12.2. The highest BCUT2D eigenvalue weighted by Gasteiger charge is 2.11. The van der Waals surface area contributed by atoms with Gasteiger partial charge in [-0.25, -0.2) is 19.3 Å². The molecule has 0 aliphatic rings. The van der Waals surface area contributed by atoms with Gasteiger partial charge in [0.1, 0.15) is 6.33 Å². The van der Waals surface area contributed by atoms with Crippen LogP contribution in [0.3, 0.4) is 0 Å². The van der Waals surface area contributed by atoms with Crippen LogP contribution in [-0.2, 0) is 0 Å². The van der Waals surface area contributed by atoms with E-state index in [0.717, 1.165) is 11.2 Å². The number of aromatic nitrogens is 5. The van der Waals surface area contributed by atoms with Gasteiger partial charge in [0.05, 0.1) is 11.0 Å². The van der Waals surface area contributed by atoms with Crippen molar-refractivity contribution < 1.29 is 0 Å². The molecule has 0 radical (unpaired) electrons. The maximum absolute atomic E-state index is 12.2. The van der Waals surface area contributed by atoms with Crippen molar-refractivity contribution in [3.63, 3.8) is 0 Å². The monoisotopic (exact) mass is 338 g/mol. The second-order valence-corrected chi connectivity index (χ2v) is 5.46. The molecule has 0 bridgehead atoms. The number of anilines is 2. The molecule has 0 atom stereocenters. The Bertz CT molecular complexity index is 1070. The van der Waals surface area contributed by atoms with E-state index < -0.39 is 0 Å². The predicted molar refractivity (Wildman–Crippen MR) is 92.0 cm³/mol. The molecule has 0 aliphatic carbocycles. The molecular weight excluding hydrogens is 328 g/mol. The number of benzene rings is 2. The third kappa shape index (κ3) is 2.61. The second kappa shape index (κ2) is 5.78. The highest BCUT2D eigenvalue weighted by Crippen LogP contribution is 2.17. The first-order valence-corrected chi connectivity index (χ1v) is 7.50. The minimum absolute atomic E-state index is 0.240. The Kier molecular flexibility index (Phi) is 3.47. The Morgan fingerprint density at radius 3 is 2.67 bits per heavy atom. The summed E-state index contributed by atoms with van der Waals surface area (Å²) in [6, 6.07) is 14.5. The molecule has 8 heteroatoms. The molecule has 0 saturated heterocycles. The van der Waals surface area contributed by atoms with Crippen LogP contribution in [0.25, 0.3) is 17.0 Å². The molecule has 2 aromatic carbocycles. The van der Waals surface area contributed by atoms with Crippen LogP contribution in [0.2, 0.25) is 5.02 Å². The Balaban J connectivity index is 1.75. The van der Waals surface area contributed by atoms with Crippen molar-refractivity contribution in [2.45, 2.75) is 0 Å². The summed E-state index contributed by atoms with van der Waals surface area (Å²) in [4.78, 5) is 27.5. The third-order valence-corrected chi connectivity index (χ3v) is 3.70. The van der Waals surface area contributed by atoms with E-state index in [2.05, 4.69) is 25.3 Å². The molecule has 0 spiro atoms. The molecule has 7 nitrogen and oxygen atoms in total. The van der Waals surface area contributed by atoms with Crippen molar-refractivity contribution in [1.82, 2.24) is 24.5 Å². The van der Waals surface area contributed by atoms with Gasteiger partial charge in [-0.05, 0) is 36.4 Å². The maximum Gasteiger partial charge on any atom is 0.333 e. The molecule has 0 fully saturated rings. The molecule has 2 N–H and O–H groups in total. The minimum Gasteiger partial charge on any atom is -0.324 e. The topological polar surface area (TPSA) is 88.5 Å². The van der Waals surface area contributed by atoms with Crippen molar-refractivity contribution in [3.05, 3.63) is 70.4 Å². The van der Waals surface area contributed by atoms with Gasteiger partial charge in [0.15, 0.2) is 0 Å². The van der Waals surface area contributed by atoms with Gasteiger partial charge in [0.2, 0.25) is 11.9 Å². The molecule has 2 aromatic heterocycles. The van der Waals surface area contributed by atoms with Crippen LogP contribution in [0.15, 0.2) is 59.7 Å². The first-order valence-electron chi connectivity index (χ1n) is 7.12. The van der Waals surface area contributed by atoms with Crippen LogP contribution >= 0.6 is 11.6 Å². The van der Waals surface area contributed by atoms with Crippen LogP contribution in [0, 0.1) is 0 Å². The Morgan fingerprint density at radius 1 is 1.04 bits per heavy atom. The van der Waals surface area contributed by atoms with Crippen LogP contribution in [-0.4, -0.2) is 24.5 Å². The number of hydrogen-bond acceptors (Lipinski definition) is 5. The molecule has 4 rings (SSSR count). The van der Waals surface area contributed by atoms with Gasteiger partial charge in [-0.3, -0.25) is 0 Å². The number of nitrogens with one attached hydrogen (secondary N) is 2. The summed E-state index contributed by atoms with van der Waals surface area (Å²) in [6.07, 6.45) is 1.36. The number of hydrogen-bond donors (Lipinski definition) is 2. The fourth-order valence-corrected chi connectivity index (χ4v) is 2.50. The lowest BCUT2D eigenvalue weighted by Gasteiger charge is -2.06. The summed E-state index contributed by atoms with van der Waals surface area (Å²) in [7, 11) is 0. The van der Waals surface area contributed by atoms with E-state index in [9.17, 15) is 4.79 Å². The van der Waals surface area contributed by atoms with Crippen molar-refractivity contribution in [3.8, 4) is 5.95 Å². The predicted octanol–water partition coefficient (Wildman–Crippen LogP) is 2.90. The Hall–Kier alpha value is -3.19. The average molecular weight is 339 g/mol. The summed E-state index contributed by atoms with van der Waals surface area (Å²) in [6.45, 7) is 0. The highest BCUT2D eigenvalue weighted by molar-refractivity contribution is 6.30. The smallest absolute Gasteiger partial charge is 0.324 e. The van der Waals surface area contributed by atoms with Gasteiger partial charge in [-0.1, -0.05) is 23.7 Å². The summed E-state index contributed by atoms with van der Waals surface area (Å²) in [5, 5.41) is 3.70. The van der Waals surface area contributed by atoms with Crippen molar-refractivity contribution >= 4 is 34.3 Å². The van der Waals surface area contributed by atoms with Gasteiger partial charge in [-0.15, -0.1) is 0 Å². The van der Waals surface area contributed by atoms with E-state index in [1.807, 2.05) is 36.4 Å². The molecule has 2 heterocycles. The van der Waals surface area contributed by atoms with Crippen LogP contribution in [0.1, 0.15) is 0 Å². The van der Waals surface area contributed by atoms with Crippen LogP contribution in [0.4, 0.5) is 11.6 Å². The largest absolute Gasteiger partial charge is 0.333 e. The summed E-state index contributed by atoms with van der Waals surface area (Å²) < 4.78 is 1.41. The molecule has 4 aromatic rings. The van der Waals surface area contributed by atoms with Crippen molar-refractivity contribution in [2.75, 3.05) is 5.32 Å². The number of nitrogens with zero attached hydrogens (tertiary/aromatic N) is 4. The van der Waals surface area contributed by atoms with Gasteiger partial charge in [0, 0.05) is 10.7 Å². The zero-order valence-electron chi connectivity index (χ0n) is 12.3. The molecule has 0 unspecified atom stereocenters. The van der Waals surface area contributed by atoms with E-state index in [-0.39, 0.29) is 11.6 Å². The fraction of sp³-hybridized carbons (Fsp3) is 0. The van der Waals surface area contributed by atoms with Gasteiger partial charge in [0.25, 0.3) is 0 Å². The van der Waals surface area contributed by atoms with Crippen LogP contribution in [0.5, 0.6) is 0 Å². The third-order valence-electron chi connectivity index (χ3n) is 3.45. The minimum atomic E-state index is -0.306. The molecular formula is C16H11ClN6O. The van der Waals surface area contributed by atoms with E-state index >= 15 is 0 Å². The van der Waals surface area contributed by atoms with E-state index in [4.69, 9.17) is 11.6 Å². The molecule has 0 saturated carbocycles. The van der Waals surface area contributed by atoms with Crippen molar-refractivity contribution in [2.24, 2.45) is 0 Å². The second-order valence-electron chi connectivity index (χ2n) is 5.02. The Morgan fingerprint density at radius 2 is 1.83 bits per heavy atom. The van der Waals surface area contributed by atoms with E-state index in [0.29, 0.717) is 16.5 Å². The summed E-state index contributed by atoms with van der Waals surface area (Å²) >= 11 is 5.87. The molecule has 24 heavy (non-hydrogen) atoms. The van der Waals surface area contributed by atoms with Gasteiger partial charge >= 0.3 is 5.69 Å². The summed E-state index contributed by atoms with van der Waals surface area (Å²) in [5.41, 5.74) is 1.89. The first-order chi connectivity index (χ1) is 11.7. The number of halogens is 1. The van der Waals surface area contributed by atoms with E-state index in [1.54, 1.807) is 12.1 Å². The number of fused-ring (bicyclic) bond motifs is 1. The number of H-pyrrole nitrogens is 1. The SMILES string of the molecule is O=c1[nH]c2ccccc2n1-c1ncnc(Nc2ccc(Cl)cc2)n1. The Labute approximate surface area is 141 Å². The lowest BCUT2D eigenvalue weighted by molar-refractivity contribution is 0.886. The zero-order valence-corrected chi connectivity index (χ0v) is 13.0. The zero-order chi connectivity index (χ0) is 16.5. The number of para-hydroxylation sites is 2. The van der Waals surface area contributed by atoms with E-state index in [1.165, 1.54) is 10.9 Å². The summed E-state index contributed by atoms with van der Waals surface area (Å²) in [5.74, 6) is 0.573. The number of aromatic amines is 1. The van der Waals surface area contributed by atoms with Gasteiger partial charge < -0.3 is 10.3 Å². The highest BCUT2D eigenvalue weighted by atomic mass is 35.5. The average Bonchev–Trinajstić information content (AvgIpc) is 2.93. The van der Waals surface area contributed by atoms with Crippen molar-refractivity contribution in [1.29, 1.82) is 0 Å². The molecule has 0 aliphatic heterocycles. The van der Waals surface area contributed by atoms with Gasteiger partial charge in [-0.2, -0.15) is 4.98 Å². The normalized spacial score (nSPS) is 10.9. The molecule has 118 valence electrons. The number of imidazole rings is 1. The standard InChI is InChI=1S/C16H11ClN6O/c17-10-5-7-11(8-6-10)20-14-18-9-19-15(22-14)23-13-4-2-1-3-12(13)21-16(23)24/h1-9H,(H,21,24)(H,18,19,20,22). The molecule has 0 amide bonds. The fourth-order valence-electron chi connectivity index (χ4n) is 2.37. The van der Waals surface area contributed by atoms with Crippen LogP contribution < -0.4 is 11.0 Å². The lowest BCUT2D eigenvalue weighted by atomic mass is 10.3. The number of rotatable bonds is 3. The lowest BCUT2D eigenvalue weighted by Crippen LogP contribution is -2.18.